The van der Waals surface area contributed by atoms with Crippen molar-refractivity contribution in [2.75, 3.05) is 24.3 Å². The number of benzene rings is 2. The van der Waals surface area contributed by atoms with E-state index in [1.165, 1.54) is 32.1 Å². The maximum atomic E-state index is 9.41. The van der Waals surface area contributed by atoms with Crippen LogP contribution in [0.2, 0.25) is 0 Å². The molecule has 1 saturated carbocycles. The van der Waals surface area contributed by atoms with Crippen molar-refractivity contribution in [1.29, 1.82) is 0 Å². The van der Waals surface area contributed by atoms with Crippen LogP contribution in [0.4, 0.5) is 11.4 Å². The van der Waals surface area contributed by atoms with E-state index in [4.69, 9.17) is 5.21 Å². The molecule has 208 valence electrons. The normalized spacial score (nSPS) is 11.0. The SMILES string of the molecule is C=C.C=C(C)C=O.C=CCNC1CCCC1.CCC.CNc1ccc(C#Cc2ccc(NNO)cc2)cc1. The van der Waals surface area contributed by atoms with E-state index in [2.05, 4.69) is 68.1 Å². The van der Waals surface area contributed by atoms with E-state index in [9.17, 15) is 4.79 Å². The Morgan fingerprint density at radius 3 is 1.74 bits per heavy atom. The van der Waals surface area contributed by atoms with Gasteiger partial charge in [0.25, 0.3) is 0 Å². The van der Waals surface area contributed by atoms with Gasteiger partial charge in [0, 0.05) is 36.4 Å². The minimum absolute atomic E-state index is 0.574. The van der Waals surface area contributed by atoms with E-state index in [-0.39, 0.29) is 0 Å². The minimum atomic E-state index is 0.574. The van der Waals surface area contributed by atoms with E-state index < -0.39 is 0 Å². The van der Waals surface area contributed by atoms with Crippen LogP contribution in [0.1, 0.15) is 64.0 Å². The zero-order chi connectivity index (χ0) is 29.0. The van der Waals surface area contributed by atoms with Crippen LogP contribution in [-0.2, 0) is 4.79 Å². The first-order valence-corrected chi connectivity index (χ1v) is 12.9. The first-order chi connectivity index (χ1) is 18.4. The molecule has 0 heterocycles. The molecule has 6 heteroatoms. The molecule has 38 heavy (non-hydrogen) atoms. The fourth-order valence-electron chi connectivity index (χ4n) is 2.95. The predicted molar refractivity (Wildman–Crippen MR) is 166 cm³/mol. The molecule has 1 aliphatic rings. The van der Waals surface area contributed by atoms with E-state index >= 15 is 0 Å². The van der Waals surface area contributed by atoms with E-state index in [0.717, 1.165) is 41.4 Å². The number of hydrogen-bond donors (Lipinski definition) is 5. The lowest BCUT2D eigenvalue weighted by atomic mass is 10.1. The number of hydrazine groups is 1. The molecular weight excluding hydrogens is 472 g/mol. The highest BCUT2D eigenvalue weighted by molar-refractivity contribution is 5.70. The molecule has 0 atom stereocenters. The van der Waals surface area contributed by atoms with E-state index in [0.29, 0.717) is 5.57 Å². The summed E-state index contributed by atoms with van der Waals surface area (Å²) in [5, 5.41) is 15.0. The van der Waals surface area contributed by atoms with Gasteiger partial charge in [0.15, 0.2) is 0 Å². The second kappa shape index (κ2) is 26.4. The van der Waals surface area contributed by atoms with Crippen molar-refractivity contribution < 1.29 is 10.0 Å². The lowest BCUT2D eigenvalue weighted by Gasteiger charge is -2.07. The van der Waals surface area contributed by atoms with Crippen molar-refractivity contribution in [3.05, 3.63) is 97.6 Å². The Morgan fingerprint density at radius 1 is 0.974 bits per heavy atom. The molecule has 5 N–H and O–H groups in total. The number of rotatable bonds is 7. The summed E-state index contributed by atoms with van der Waals surface area (Å²) in [6.45, 7) is 19.9. The van der Waals surface area contributed by atoms with Crippen LogP contribution in [0.5, 0.6) is 0 Å². The molecule has 1 aliphatic carbocycles. The Morgan fingerprint density at radius 2 is 1.39 bits per heavy atom. The predicted octanol–water partition coefficient (Wildman–Crippen LogP) is 7.12. The summed E-state index contributed by atoms with van der Waals surface area (Å²) >= 11 is 0. The Bertz CT molecular complexity index is 923. The first-order valence-electron chi connectivity index (χ1n) is 12.9. The molecule has 0 saturated heterocycles. The highest BCUT2D eigenvalue weighted by atomic mass is 16.5. The van der Waals surface area contributed by atoms with Gasteiger partial charge in [-0.15, -0.1) is 25.3 Å². The standard InChI is InChI=1S/C15H15N3O.C8H15N.C4H6O.C3H8.C2H4/c1-16-14-8-4-12(5-9-14)2-3-13-6-10-15(11-7-13)17-18-19;1-2-7-9-8-5-3-4-6-8;1-4(2)3-5;1-3-2;1-2/h4-11,16-19H,1H3;2,8-9H,1,3-7H2;3H,1H2,2H3;3H2,1-2H3;1-2H2. The monoisotopic (exact) mass is 520 g/mol. The molecule has 2 aromatic rings. The molecule has 0 amide bonds. The lowest BCUT2D eigenvalue weighted by molar-refractivity contribution is -0.104. The summed E-state index contributed by atoms with van der Waals surface area (Å²) in [7, 11) is 1.89. The van der Waals surface area contributed by atoms with Crippen molar-refractivity contribution in [3.8, 4) is 11.8 Å². The average Bonchev–Trinajstić information content (AvgIpc) is 3.48. The van der Waals surface area contributed by atoms with Crippen molar-refractivity contribution in [3.63, 3.8) is 0 Å². The van der Waals surface area contributed by atoms with Gasteiger partial charge in [-0.2, -0.15) is 0 Å². The molecular formula is C32H48N4O2. The van der Waals surface area contributed by atoms with Gasteiger partial charge in [0.2, 0.25) is 0 Å². The summed E-state index contributed by atoms with van der Waals surface area (Å²) in [4.78, 5) is 9.41. The zero-order valence-corrected chi connectivity index (χ0v) is 23.8. The van der Waals surface area contributed by atoms with Gasteiger partial charge in [-0.3, -0.25) is 15.4 Å². The highest BCUT2D eigenvalue weighted by Gasteiger charge is 2.12. The molecule has 0 aliphatic heterocycles. The lowest BCUT2D eigenvalue weighted by Crippen LogP contribution is -2.25. The number of anilines is 2. The molecule has 1 fully saturated rings. The van der Waals surface area contributed by atoms with Gasteiger partial charge in [-0.05, 0) is 73.9 Å². The average molecular weight is 521 g/mol. The summed E-state index contributed by atoms with van der Waals surface area (Å²) in [5.41, 5.74) is 8.75. The van der Waals surface area contributed by atoms with Crippen LogP contribution in [0.3, 0.4) is 0 Å². The van der Waals surface area contributed by atoms with Gasteiger partial charge in [0.05, 0.1) is 5.69 Å². The zero-order valence-electron chi connectivity index (χ0n) is 23.8. The summed E-state index contributed by atoms with van der Waals surface area (Å²) in [5.74, 6) is 6.19. The summed E-state index contributed by atoms with van der Waals surface area (Å²) < 4.78 is 0. The highest BCUT2D eigenvalue weighted by Crippen LogP contribution is 2.17. The quantitative estimate of drug-likeness (QED) is 0.0879. The number of allylic oxidation sites excluding steroid dienone is 1. The maximum absolute atomic E-state index is 9.41. The van der Waals surface area contributed by atoms with Gasteiger partial charge in [-0.25, -0.2) is 0 Å². The fraction of sp³-hybridized carbons (Fsp3) is 0.344. The Kier molecular flexibility index (Phi) is 25.4. The molecule has 0 radical (unpaired) electrons. The second-order valence-corrected chi connectivity index (χ2v) is 8.24. The third kappa shape index (κ3) is 20.6. The molecule has 0 unspecified atom stereocenters. The molecule has 2 aromatic carbocycles. The third-order valence-electron chi connectivity index (χ3n) is 4.72. The van der Waals surface area contributed by atoms with E-state index in [1.54, 1.807) is 6.92 Å². The maximum Gasteiger partial charge on any atom is 0.145 e. The van der Waals surface area contributed by atoms with Crippen LogP contribution in [0.15, 0.2) is 86.5 Å². The summed E-state index contributed by atoms with van der Waals surface area (Å²) in [6, 6.07) is 16.2. The van der Waals surface area contributed by atoms with Crippen LogP contribution in [0, 0.1) is 11.8 Å². The number of nitrogens with one attached hydrogen (secondary N) is 4. The van der Waals surface area contributed by atoms with Gasteiger partial charge < -0.3 is 10.6 Å². The number of hydrogen-bond acceptors (Lipinski definition) is 6. The van der Waals surface area contributed by atoms with Crippen LogP contribution < -0.4 is 21.6 Å². The minimum Gasteiger partial charge on any atom is -0.388 e. The van der Waals surface area contributed by atoms with Crippen molar-refractivity contribution in [2.45, 2.75) is 58.9 Å². The van der Waals surface area contributed by atoms with E-state index in [1.807, 2.05) is 67.2 Å². The molecule has 0 bridgehead atoms. The molecule has 6 nitrogen and oxygen atoms in total. The molecule has 0 spiro atoms. The Hall–Kier alpha value is -3.63. The largest absolute Gasteiger partial charge is 0.388 e. The van der Waals surface area contributed by atoms with Gasteiger partial charge in [-0.1, -0.05) is 57.6 Å². The second-order valence-electron chi connectivity index (χ2n) is 8.24. The summed E-state index contributed by atoms with van der Waals surface area (Å²) in [6.07, 6.45) is 9.46. The van der Waals surface area contributed by atoms with Crippen molar-refractivity contribution in [2.24, 2.45) is 0 Å². The van der Waals surface area contributed by atoms with Crippen LogP contribution in [-0.4, -0.2) is 31.1 Å². The van der Waals surface area contributed by atoms with Gasteiger partial charge >= 0.3 is 0 Å². The Balaban J connectivity index is 0. The molecule has 3 rings (SSSR count). The third-order valence-corrected chi connectivity index (χ3v) is 4.72. The fourth-order valence-corrected chi connectivity index (χ4v) is 2.95. The molecule has 0 aromatic heterocycles. The van der Waals surface area contributed by atoms with Crippen LogP contribution in [0.25, 0.3) is 0 Å². The smallest absolute Gasteiger partial charge is 0.145 e. The van der Waals surface area contributed by atoms with Gasteiger partial charge in [0.1, 0.15) is 6.29 Å². The van der Waals surface area contributed by atoms with Crippen molar-refractivity contribution in [1.82, 2.24) is 10.9 Å². The number of aldehydes is 1. The van der Waals surface area contributed by atoms with Crippen LogP contribution >= 0.6 is 0 Å². The number of carbonyl (C=O) groups excluding carboxylic acids is 1. The topological polar surface area (TPSA) is 85.4 Å². The Labute approximate surface area is 231 Å². The number of carbonyl (C=O) groups is 1. The van der Waals surface area contributed by atoms with Crippen molar-refractivity contribution >= 4 is 17.7 Å². The first kappa shape index (κ1) is 36.5.